The van der Waals surface area contributed by atoms with Gasteiger partial charge in [0, 0.05) is 40.7 Å². The molecule has 0 aliphatic carbocycles. The summed E-state index contributed by atoms with van der Waals surface area (Å²) in [6.45, 7) is 4.87. The van der Waals surface area contributed by atoms with Gasteiger partial charge in [-0.1, -0.05) is 13.8 Å². The minimum absolute atomic E-state index is 0.0972. The van der Waals surface area contributed by atoms with Crippen LogP contribution in [-0.2, 0) is 47.8 Å². The Morgan fingerprint density at radius 3 is 2.51 bits per heavy atom. The lowest BCUT2D eigenvalue weighted by molar-refractivity contribution is -0.172. The second-order valence-corrected chi connectivity index (χ2v) is 9.19. The maximum absolute atomic E-state index is 13.5. The fourth-order valence-corrected chi connectivity index (χ4v) is 5.54. The average molecular weight is 479 g/mol. The van der Waals surface area contributed by atoms with Gasteiger partial charge >= 0.3 is 5.97 Å². The topological polar surface area (TPSA) is 126 Å². The van der Waals surface area contributed by atoms with Gasteiger partial charge in [-0.3, -0.25) is 4.79 Å². The lowest BCUT2D eigenvalue weighted by Crippen LogP contribution is -2.44. The third-order valence-corrected chi connectivity index (χ3v) is 7.32. The van der Waals surface area contributed by atoms with Crippen molar-refractivity contribution >= 4 is 16.9 Å². The minimum atomic E-state index is -1.86. The monoisotopic (exact) mass is 478 g/mol. The second-order valence-electron chi connectivity index (χ2n) is 9.19. The molecular weight excluding hydrogens is 448 g/mol. The number of rotatable bonds is 6. The second kappa shape index (κ2) is 8.44. The third kappa shape index (κ3) is 3.22. The highest BCUT2D eigenvalue weighted by molar-refractivity contribution is 5.93. The summed E-state index contributed by atoms with van der Waals surface area (Å²) < 4.78 is 6.82. The van der Waals surface area contributed by atoms with Gasteiger partial charge in [-0.25, -0.2) is 9.78 Å². The van der Waals surface area contributed by atoms with Crippen molar-refractivity contribution in [2.45, 2.75) is 58.5 Å². The van der Waals surface area contributed by atoms with Crippen molar-refractivity contribution in [2.24, 2.45) is 0 Å². The molecule has 1 aromatic carbocycles. The number of aliphatic hydroxyl groups is 1. The van der Waals surface area contributed by atoms with Crippen LogP contribution in [0.3, 0.4) is 0 Å². The van der Waals surface area contributed by atoms with Gasteiger partial charge < -0.3 is 30.2 Å². The summed E-state index contributed by atoms with van der Waals surface area (Å²) in [4.78, 5) is 30.9. The summed E-state index contributed by atoms with van der Waals surface area (Å²) in [5, 5.41) is 29.3. The van der Waals surface area contributed by atoms with Crippen LogP contribution in [-0.4, -0.2) is 39.8 Å². The van der Waals surface area contributed by atoms with Gasteiger partial charge in [0.25, 0.3) is 5.56 Å². The van der Waals surface area contributed by atoms with Gasteiger partial charge in [0.2, 0.25) is 0 Å². The van der Waals surface area contributed by atoms with E-state index in [2.05, 4.69) is 17.6 Å². The molecule has 0 unspecified atom stereocenters. The van der Waals surface area contributed by atoms with E-state index in [1.165, 1.54) is 0 Å². The first-order chi connectivity index (χ1) is 16.8. The highest BCUT2D eigenvalue weighted by atomic mass is 16.6. The fourth-order valence-electron chi connectivity index (χ4n) is 5.54. The van der Waals surface area contributed by atoms with Gasteiger partial charge in [0.05, 0.1) is 29.0 Å². The molecule has 0 saturated carbocycles. The van der Waals surface area contributed by atoms with Gasteiger partial charge in [0.15, 0.2) is 5.60 Å². The van der Waals surface area contributed by atoms with E-state index in [9.17, 15) is 19.8 Å². The number of hydrogen-bond donors (Lipinski definition) is 4. The number of nitrogens with zero attached hydrogens (tertiary/aromatic N) is 2. The van der Waals surface area contributed by atoms with Crippen molar-refractivity contribution in [3.05, 3.63) is 55.9 Å². The Morgan fingerprint density at radius 1 is 1.11 bits per heavy atom. The van der Waals surface area contributed by atoms with E-state index < -0.39 is 11.6 Å². The van der Waals surface area contributed by atoms with Crippen molar-refractivity contribution in [3.8, 4) is 17.1 Å². The number of aromatic hydroxyl groups is 1. The predicted octanol–water partition coefficient (Wildman–Crippen LogP) is 1.79. The molecule has 3 aromatic rings. The molecule has 0 radical (unpaired) electrons. The number of nitrogens with one attached hydrogen (secondary N) is 2. The summed E-state index contributed by atoms with van der Waals surface area (Å²) in [5.74, 6) is -0.496. The summed E-state index contributed by atoms with van der Waals surface area (Å²) in [6, 6.07) is 3.62. The van der Waals surface area contributed by atoms with Crippen molar-refractivity contribution in [3.63, 3.8) is 0 Å². The molecule has 2 aliphatic heterocycles. The van der Waals surface area contributed by atoms with E-state index in [4.69, 9.17) is 9.72 Å². The van der Waals surface area contributed by atoms with E-state index in [1.807, 2.05) is 20.2 Å². The van der Waals surface area contributed by atoms with Gasteiger partial charge in [-0.05, 0) is 44.6 Å². The van der Waals surface area contributed by atoms with Crippen LogP contribution in [0.4, 0.5) is 0 Å². The maximum atomic E-state index is 13.5. The number of pyridine rings is 2. The molecule has 4 N–H and O–H groups in total. The Bertz CT molecular complexity index is 1440. The molecule has 0 bridgehead atoms. The molecule has 35 heavy (non-hydrogen) atoms. The molecule has 4 heterocycles. The van der Waals surface area contributed by atoms with Crippen molar-refractivity contribution < 1.29 is 19.7 Å². The molecule has 184 valence electrons. The van der Waals surface area contributed by atoms with Crippen LogP contribution < -0.4 is 16.2 Å². The molecule has 0 fully saturated rings. The van der Waals surface area contributed by atoms with E-state index in [0.29, 0.717) is 48.6 Å². The summed E-state index contributed by atoms with van der Waals surface area (Å²) in [5.41, 5.74) is 3.92. The highest BCUT2D eigenvalue weighted by Gasteiger charge is 2.45. The minimum Gasteiger partial charge on any atom is -0.507 e. The molecule has 2 aromatic heterocycles. The summed E-state index contributed by atoms with van der Waals surface area (Å²) >= 11 is 0. The zero-order valence-corrected chi connectivity index (χ0v) is 20.4. The summed E-state index contributed by atoms with van der Waals surface area (Å²) in [6.07, 6.45) is 0.784. The number of carbonyl (C=O) groups is 1. The first kappa shape index (κ1) is 23.5. The molecule has 0 spiro atoms. The highest BCUT2D eigenvalue weighted by Crippen LogP contribution is 2.42. The molecule has 5 rings (SSSR count). The number of aromatic nitrogens is 2. The van der Waals surface area contributed by atoms with Crippen LogP contribution in [0.1, 0.15) is 53.6 Å². The van der Waals surface area contributed by atoms with Gasteiger partial charge in [-0.15, -0.1) is 0 Å². The molecule has 9 nitrogen and oxygen atoms in total. The van der Waals surface area contributed by atoms with E-state index in [1.54, 1.807) is 17.6 Å². The molecule has 0 amide bonds. The Kier molecular flexibility index (Phi) is 5.66. The maximum Gasteiger partial charge on any atom is 0.343 e. The number of ether oxygens (including phenoxy) is 1. The number of benzene rings is 1. The van der Waals surface area contributed by atoms with E-state index in [0.717, 1.165) is 33.2 Å². The number of hydrogen-bond acceptors (Lipinski definition) is 8. The van der Waals surface area contributed by atoms with Crippen molar-refractivity contribution in [1.29, 1.82) is 0 Å². The van der Waals surface area contributed by atoms with Crippen LogP contribution in [0, 0.1) is 0 Å². The number of carbonyl (C=O) groups excluding carboxylic acids is 1. The third-order valence-electron chi connectivity index (χ3n) is 7.32. The largest absolute Gasteiger partial charge is 0.507 e. The first-order valence-corrected chi connectivity index (χ1v) is 12.0. The van der Waals surface area contributed by atoms with Crippen LogP contribution in [0.15, 0.2) is 16.9 Å². The predicted molar refractivity (Wildman–Crippen MR) is 131 cm³/mol. The molecule has 1 atom stereocenters. The number of aryl methyl sites for hydroxylation is 1. The number of phenols is 1. The lowest BCUT2D eigenvalue weighted by Gasteiger charge is -2.31. The number of cyclic esters (lactones) is 1. The Hall–Kier alpha value is -3.27. The lowest BCUT2D eigenvalue weighted by atomic mass is 9.86. The van der Waals surface area contributed by atoms with Gasteiger partial charge in [0.1, 0.15) is 12.4 Å². The zero-order chi connectivity index (χ0) is 25.1. The Balaban J connectivity index is 1.84. The smallest absolute Gasteiger partial charge is 0.343 e. The average Bonchev–Trinajstić information content (AvgIpc) is 3.22. The standard InChI is InChI=1S/C26H30N4O5/c1-5-14-16-11-30-20(8-18-17(24(30)32)12-35-25(33)26(18,34)6-2)22(16)29-19-7-13(9-27-3)23(31)15(10-28-4)21(14)19/h7-8,27-28,31,34H,5-6,9-12H2,1-4H3/t26-/m0/s1. The quantitative estimate of drug-likeness (QED) is 0.309. The first-order valence-electron chi connectivity index (χ1n) is 12.0. The zero-order valence-electron chi connectivity index (χ0n) is 20.4. The van der Waals surface area contributed by atoms with Gasteiger partial charge in [-0.2, -0.15) is 0 Å². The van der Waals surface area contributed by atoms with E-state index in [-0.39, 0.29) is 24.3 Å². The number of esters is 1. The Morgan fingerprint density at radius 2 is 1.86 bits per heavy atom. The van der Waals surface area contributed by atoms with Crippen LogP contribution in [0.5, 0.6) is 5.75 Å². The van der Waals surface area contributed by atoms with Crippen molar-refractivity contribution in [2.75, 3.05) is 14.1 Å². The summed E-state index contributed by atoms with van der Waals surface area (Å²) in [7, 11) is 3.65. The SMILES string of the molecule is CCc1c2c(nc3cc(CNC)c(O)c(CNC)c13)-c1cc3c(c(=O)n1C2)COC(=O)[C@]3(O)CC. The molecular formula is C26H30N4O5. The molecule has 0 saturated heterocycles. The fraction of sp³-hybridized carbons (Fsp3) is 0.423. The van der Waals surface area contributed by atoms with E-state index >= 15 is 0 Å². The normalized spacial score (nSPS) is 18.4. The Labute approximate surface area is 202 Å². The molecule has 9 heteroatoms. The molecule has 2 aliphatic rings. The van der Waals surface area contributed by atoms with Crippen LogP contribution in [0.25, 0.3) is 22.3 Å². The van der Waals surface area contributed by atoms with Crippen molar-refractivity contribution in [1.82, 2.24) is 20.2 Å². The van der Waals surface area contributed by atoms with Crippen LogP contribution >= 0.6 is 0 Å². The van der Waals surface area contributed by atoms with Crippen LogP contribution in [0.2, 0.25) is 0 Å². The number of fused-ring (bicyclic) bond motifs is 5. The number of phenolic OH excluding ortho intramolecular Hbond substituents is 1.